The molecule has 1 aromatic heterocycles. The lowest BCUT2D eigenvalue weighted by molar-refractivity contribution is 0.345. The highest BCUT2D eigenvalue weighted by Gasteiger charge is 2.10. The molecule has 0 radical (unpaired) electrons. The highest BCUT2D eigenvalue weighted by molar-refractivity contribution is 4.84. The number of nitrogens with one attached hydrogen (secondary N) is 1. The minimum absolute atomic E-state index is 0.265. The summed E-state index contributed by atoms with van der Waals surface area (Å²) in [6.07, 6.45) is 1.71. The predicted molar refractivity (Wildman–Crippen MR) is 39.0 cm³/mol. The van der Waals surface area contributed by atoms with Gasteiger partial charge in [-0.1, -0.05) is 13.3 Å². The van der Waals surface area contributed by atoms with E-state index < -0.39 is 5.69 Å². The van der Waals surface area contributed by atoms with Crippen molar-refractivity contribution in [2.24, 2.45) is 5.73 Å². The third kappa shape index (κ3) is 1.91. The van der Waals surface area contributed by atoms with Crippen LogP contribution in [0.5, 0.6) is 0 Å². The molecule has 0 amide bonds. The molecule has 1 unspecified atom stereocenters. The maximum absolute atomic E-state index is 10.5. The average molecular weight is 157 g/mol. The van der Waals surface area contributed by atoms with E-state index in [-0.39, 0.29) is 11.9 Å². The molecule has 0 aromatic carbocycles. The van der Waals surface area contributed by atoms with Crippen LogP contribution in [0.15, 0.2) is 9.32 Å². The fourth-order valence-corrected chi connectivity index (χ4v) is 0.835. The third-order valence-electron chi connectivity index (χ3n) is 1.37. The molecule has 5 nitrogen and oxygen atoms in total. The van der Waals surface area contributed by atoms with E-state index in [1.165, 1.54) is 0 Å². The molecule has 11 heavy (non-hydrogen) atoms. The van der Waals surface area contributed by atoms with Gasteiger partial charge in [-0.25, -0.2) is 4.79 Å². The Bertz CT molecular complexity index is 265. The van der Waals surface area contributed by atoms with E-state index in [0.717, 1.165) is 12.8 Å². The molecule has 0 fully saturated rings. The van der Waals surface area contributed by atoms with Crippen LogP contribution in [0.4, 0.5) is 0 Å². The van der Waals surface area contributed by atoms with Crippen molar-refractivity contribution in [3.8, 4) is 0 Å². The van der Waals surface area contributed by atoms with Gasteiger partial charge in [0.05, 0.1) is 6.04 Å². The Morgan fingerprint density at radius 3 is 3.00 bits per heavy atom. The summed E-state index contributed by atoms with van der Waals surface area (Å²) in [7, 11) is 0. The maximum atomic E-state index is 10.5. The van der Waals surface area contributed by atoms with Crippen LogP contribution in [0, 0.1) is 0 Å². The van der Waals surface area contributed by atoms with Crippen molar-refractivity contribution in [3.63, 3.8) is 0 Å². The second-order valence-corrected chi connectivity index (χ2v) is 2.35. The lowest BCUT2D eigenvalue weighted by Crippen LogP contribution is -2.11. The van der Waals surface area contributed by atoms with Crippen LogP contribution in [0.1, 0.15) is 31.7 Å². The summed E-state index contributed by atoms with van der Waals surface area (Å²) in [5.41, 5.74) is 5.12. The molecule has 1 atom stereocenters. The number of nitrogens with two attached hydrogens (primary N) is 1. The molecule has 0 aliphatic carbocycles. The first kappa shape index (κ1) is 8.00. The van der Waals surface area contributed by atoms with Gasteiger partial charge in [0.15, 0.2) is 0 Å². The number of rotatable bonds is 3. The van der Waals surface area contributed by atoms with Crippen LogP contribution < -0.4 is 11.4 Å². The molecule has 5 heteroatoms. The zero-order valence-corrected chi connectivity index (χ0v) is 6.33. The Morgan fingerprint density at radius 1 is 1.82 bits per heavy atom. The van der Waals surface area contributed by atoms with Crippen molar-refractivity contribution < 1.29 is 4.52 Å². The van der Waals surface area contributed by atoms with Gasteiger partial charge < -0.3 is 10.3 Å². The molecule has 1 heterocycles. The Hall–Kier alpha value is -1.10. The minimum atomic E-state index is -0.480. The monoisotopic (exact) mass is 157 g/mol. The summed E-state index contributed by atoms with van der Waals surface area (Å²) in [6, 6.07) is -0.265. The van der Waals surface area contributed by atoms with Crippen molar-refractivity contribution in [3.05, 3.63) is 16.4 Å². The molecule has 3 N–H and O–H groups in total. The molecule has 0 saturated carbocycles. The standard InChI is InChI=1S/C6H11N3O2/c1-2-3-4(7)5-8-6(10)9-11-5/h4H,2-3,7H2,1H3,(H,9,10). The average Bonchev–Trinajstić information content (AvgIpc) is 2.36. The van der Waals surface area contributed by atoms with E-state index in [0.29, 0.717) is 0 Å². The first-order valence-electron chi connectivity index (χ1n) is 3.55. The Morgan fingerprint density at radius 2 is 2.55 bits per heavy atom. The smallest absolute Gasteiger partial charge is 0.360 e. The van der Waals surface area contributed by atoms with Gasteiger partial charge in [-0.15, -0.1) is 0 Å². The normalized spacial score (nSPS) is 13.3. The second kappa shape index (κ2) is 3.34. The molecular weight excluding hydrogens is 146 g/mol. The fraction of sp³-hybridized carbons (Fsp3) is 0.667. The van der Waals surface area contributed by atoms with Crippen LogP contribution >= 0.6 is 0 Å². The van der Waals surface area contributed by atoms with Crippen LogP contribution in [0.2, 0.25) is 0 Å². The fourth-order valence-electron chi connectivity index (χ4n) is 0.835. The van der Waals surface area contributed by atoms with Gasteiger partial charge in [-0.05, 0) is 6.42 Å². The Kier molecular flexibility index (Phi) is 2.43. The molecule has 0 saturated heterocycles. The minimum Gasteiger partial charge on any atom is -0.360 e. The molecule has 1 aromatic rings. The SMILES string of the molecule is CCCC(N)c1nc(=O)[nH]o1. The number of hydrogen-bond donors (Lipinski definition) is 2. The van der Waals surface area contributed by atoms with Gasteiger partial charge in [0, 0.05) is 0 Å². The van der Waals surface area contributed by atoms with Crippen molar-refractivity contribution in [1.29, 1.82) is 0 Å². The second-order valence-electron chi connectivity index (χ2n) is 2.35. The van der Waals surface area contributed by atoms with E-state index >= 15 is 0 Å². The summed E-state index contributed by atoms with van der Waals surface area (Å²) in [5.74, 6) is 0.289. The Balaban J connectivity index is 2.68. The molecule has 62 valence electrons. The van der Waals surface area contributed by atoms with Crippen molar-refractivity contribution in [2.75, 3.05) is 0 Å². The zero-order valence-electron chi connectivity index (χ0n) is 6.33. The maximum Gasteiger partial charge on any atom is 0.377 e. The molecule has 0 aliphatic heterocycles. The van der Waals surface area contributed by atoms with Crippen LogP contribution in [-0.4, -0.2) is 10.1 Å². The van der Waals surface area contributed by atoms with Gasteiger partial charge in [0.25, 0.3) is 0 Å². The number of aromatic amines is 1. The van der Waals surface area contributed by atoms with E-state index in [1.807, 2.05) is 6.92 Å². The number of H-pyrrole nitrogens is 1. The summed E-state index contributed by atoms with van der Waals surface area (Å²) in [6.45, 7) is 2.00. The molecule has 0 spiro atoms. The lowest BCUT2D eigenvalue weighted by atomic mass is 10.2. The van der Waals surface area contributed by atoms with Gasteiger partial charge in [-0.2, -0.15) is 10.1 Å². The van der Waals surface area contributed by atoms with Gasteiger partial charge in [0.2, 0.25) is 5.89 Å². The highest BCUT2D eigenvalue weighted by Crippen LogP contribution is 2.09. The van der Waals surface area contributed by atoms with Gasteiger partial charge in [-0.3, -0.25) is 0 Å². The van der Waals surface area contributed by atoms with Gasteiger partial charge >= 0.3 is 5.69 Å². The topological polar surface area (TPSA) is 84.9 Å². The van der Waals surface area contributed by atoms with Crippen LogP contribution in [0.25, 0.3) is 0 Å². The molecular formula is C6H11N3O2. The first-order chi connectivity index (χ1) is 5.24. The third-order valence-corrected chi connectivity index (χ3v) is 1.37. The number of nitrogens with zero attached hydrogens (tertiary/aromatic N) is 1. The summed E-state index contributed by atoms with van der Waals surface area (Å²) >= 11 is 0. The van der Waals surface area contributed by atoms with E-state index in [9.17, 15) is 4.79 Å². The van der Waals surface area contributed by atoms with Crippen molar-refractivity contribution >= 4 is 0 Å². The van der Waals surface area contributed by atoms with Crippen molar-refractivity contribution in [2.45, 2.75) is 25.8 Å². The van der Waals surface area contributed by atoms with E-state index in [4.69, 9.17) is 10.3 Å². The molecule has 1 rings (SSSR count). The largest absolute Gasteiger partial charge is 0.377 e. The predicted octanol–water partition coefficient (Wildman–Crippen LogP) is 0.163. The quantitative estimate of drug-likeness (QED) is 0.654. The number of aromatic nitrogens is 2. The Labute approximate surface area is 63.6 Å². The summed E-state index contributed by atoms with van der Waals surface area (Å²) < 4.78 is 4.70. The van der Waals surface area contributed by atoms with Crippen LogP contribution in [0.3, 0.4) is 0 Å². The molecule has 0 aliphatic rings. The van der Waals surface area contributed by atoms with Crippen molar-refractivity contribution in [1.82, 2.24) is 10.1 Å². The zero-order chi connectivity index (χ0) is 8.27. The summed E-state index contributed by atoms with van der Waals surface area (Å²) in [4.78, 5) is 14.0. The number of hydrogen-bond acceptors (Lipinski definition) is 4. The summed E-state index contributed by atoms with van der Waals surface area (Å²) in [5, 5.41) is 2.09. The van der Waals surface area contributed by atoms with E-state index in [1.54, 1.807) is 0 Å². The van der Waals surface area contributed by atoms with Gasteiger partial charge in [0.1, 0.15) is 0 Å². The first-order valence-corrected chi connectivity index (χ1v) is 3.55. The van der Waals surface area contributed by atoms with Crippen LogP contribution in [-0.2, 0) is 0 Å². The molecule has 0 bridgehead atoms. The highest BCUT2D eigenvalue weighted by atomic mass is 16.5. The van der Waals surface area contributed by atoms with E-state index in [2.05, 4.69) is 10.1 Å². The lowest BCUT2D eigenvalue weighted by Gasteiger charge is -2.01.